The maximum Gasteiger partial charge on any atom is 0.307 e. The first-order valence-electron chi connectivity index (χ1n) is 9.81. The number of carboxylic acids is 1. The molecule has 5 unspecified atom stereocenters. The number of hydrogen-bond donors (Lipinski definition) is 3. The van der Waals surface area contributed by atoms with E-state index in [-0.39, 0.29) is 30.9 Å². The number of fused-ring (bicyclic) bond motifs is 1. The second-order valence-electron chi connectivity index (χ2n) is 7.30. The predicted molar refractivity (Wildman–Crippen MR) is 114 cm³/mol. The van der Waals surface area contributed by atoms with Gasteiger partial charge in [-0.05, 0) is 24.5 Å². The van der Waals surface area contributed by atoms with E-state index >= 15 is 0 Å². The molecule has 0 radical (unpaired) electrons. The smallest absolute Gasteiger partial charge is 0.307 e. The Labute approximate surface area is 175 Å². The van der Waals surface area contributed by atoms with E-state index < -0.39 is 18.2 Å². The fourth-order valence-electron chi connectivity index (χ4n) is 3.76. The molecule has 1 aliphatic heterocycles. The molecule has 1 aromatic carbocycles. The van der Waals surface area contributed by atoms with Gasteiger partial charge in [-0.2, -0.15) is 0 Å². The van der Waals surface area contributed by atoms with E-state index in [2.05, 4.69) is 0 Å². The molecule has 2 aliphatic rings. The summed E-state index contributed by atoms with van der Waals surface area (Å²) in [5.74, 6) is 0.789. The van der Waals surface area contributed by atoms with Crippen molar-refractivity contribution in [3.05, 3.63) is 54.6 Å². The molecule has 0 amide bonds. The number of ether oxygens (including phenoxy) is 1. The van der Waals surface area contributed by atoms with E-state index in [1.807, 2.05) is 42.5 Å². The summed E-state index contributed by atoms with van der Waals surface area (Å²) in [5, 5.41) is 30.3. The number of para-hydroxylation sites is 1. The van der Waals surface area contributed by atoms with Crippen molar-refractivity contribution in [3.8, 4) is 5.75 Å². The zero-order valence-corrected chi connectivity index (χ0v) is 16.9. The van der Waals surface area contributed by atoms with Gasteiger partial charge in [0.15, 0.2) is 0 Å². The molecule has 156 valence electrons. The second-order valence-corrected chi connectivity index (χ2v) is 8.39. The van der Waals surface area contributed by atoms with Gasteiger partial charge >= 0.3 is 5.97 Å². The molecular formula is C22H27NO5S. The van der Waals surface area contributed by atoms with Gasteiger partial charge in [0.25, 0.3) is 0 Å². The highest BCUT2D eigenvalue weighted by molar-refractivity contribution is 8.14. The number of hydrogen-bond acceptors (Lipinski definition) is 6. The highest BCUT2D eigenvalue weighted by Gasteiger charge is 2.44. The summed E-state index contributed by atoms with van der Waals surface area (Å²) in [6, 6.07) is 9.46. The Morgan fingerprint density at radius 2 is 2.10 bits per heavy atom. The van der Waals surface area contributed by atoms with Crippen LogP contribution >= 0.6 is 11.8 Å². The standard InChI is InChI=1S/C22H27NO5S/c24-15(14-28-16-6-2-1-3-7-16)9-10-17-18-12-21(23-19(18)13-20(17)25)29-11-5-4-8-22(26)27/h1-7,9-10,15,17-20,24-25H,8,11-14H2,(H,26,27). The van der Waals surface area contributed by atoms with Gasteiger partial charge < -0.3 is 20.1 Å². The average Bonchev–Trinajstić information content (AvgIpc) is 3.21. The summed E-state index contributed by atoms with van der Waals surface area (Å²) in [5.41, 5.74) is 0. The van der Waals surface area contributed by atoms with Crippen molar-refractivity contribution in [1.29, 1.82) is 0 Å². The van der Waals surface area contributed by atoms with Crippen LogP contribution in [0.4, 0.5) is 0 Å². The molecule has 1 saturated carbocycles. The van der Waals surface area contributed by atoms with Gasteiger partial charge in [-0.15, -0.1) is 11.8 Å². The van der Waals surface area contributed by atoms with Gasteiger partial charge in [-0.1, -0.05) is 42.5 Å². The first-order chi connectivity index (χ1) is 14.0. The quantitative estimate of drug-likeness (QED) is 0.534. The van der Waals surface area contributed by atoms with Crippen LogP contribution in [0.15, 0.2) is 59.6 Å². The molecule has 0 bridgehead atoms. The highest BCUT2D eigenvalue weighted by Crippen LogP contribution is 2.43. The lowest BCUT2D eigenvalue weighted by atomic mass is 9.91. The fourth-order valence-corrected chi connectivity index (χ4v) is 4.70. The molecule has 29 heavy (non-hydrogen) atoms. The maximum atomic E-state index is 10.5. The minimum absolute atomic E-state index is 0.0317. The molecule has 1 heterocycles. The number of aliphatic hydroxyl groups excluding tert-OH is 2. The topological polar surface area (TPSA) is 99.4 Å². The van der Waals surface area contributed by atoms with Crippen LogP contribution in [0.5, 0.6) is 5.75 Å². The monoisotopic (exact) mass is 417 g/mol. The Bertz CT molecular complexity index is 764. The molecule has 1 aromatic rings. The minimum atomic E-state index is -0.834. The second kappa shape index (κ2) is 10.6. The largest absolute Gasteiger partial charge is 0.491 e. The Hall–Kier alpha value is -2.09. The van der Waals surface area contributed by atoms with Crippen molar-refractivity contribution >= 4 is 22.8 Å². The van der Waals surface area contributed by atoms with Crippen LogP contribution < -0.4 is 4.74 Å². The minimum Gasteiger partial charge on any atom is -0.491 e. The molecule has 1 aliphatic carbocycles. The first kappa shape index (κ1) is 21.6. The summed E-state index contributed by atoms with van der Waals surface area (Å²) < 4.78 is 5.56. The van der Waals surface area contributed by atoms with Crippen molar-refractivity contribution in [2.45, 2.75) is 37.5 Å². The third-order valence-electron chi connectivity index (χ3n) is 5.16. The summed E-state index contributed by atoms with van der Waals surface area (Å²) in [6.07, 6.45) is 7.41. The van der Waals surface area contributed by atoms with Crippen LogP contribution in [0.1, 0.15) is 19.3 Å². The average molecular weight is 418 g/mol. The lowest BCUT2D eigenvalue weighted by molar-refractivity contribution is -0.136. The number of nitrogens with zero attached hydrogens (tertiary/aromatic N) is 1. The lowest BCUT2D eigenvalue weighted by Crippen LogP contribution is -2.20. The van der Waals surface area contributed by atoms with Crippen molar-refractivity contribution in [3.63, 3.8) is 0 Å². The Kier molecular flexibility index (Phi) is 7.91. The van der Waals surface area contributed by atoms with E-state index in [1.165, 1.54) is 0 Å². The van der Waals surface area contributed by atoms with Crippen molar-refractivity contribution < 1.29 is 24.9 Å². The SMILES string of the molecule is O=C(O)CC=CCSC1=NC2CC(O)C(C=CC(O)COc3ccccc3)C2C1. The molecule has 0 spiro atoms. The number of rotatable bonds is 9. The number of thioether (sulfide) groups is 1. The van der Waals surface area contributed by atoms with Crippen LogP contribution in [0.2, 0.25) is 0 Å². The Balaban J connectivity index is 1.45. The zero-order chi connectivity index (χ0) is 20.6. The Morgan fingerprint density at radius 3 is 2.86 bits per heavy atom. The van der Waals surface area contributed by atoms with E-state index in [1.54, 1.807) is 23.9 Å². The number of aliphatic hydroxyl groups is 2. The molecule has 0 aromatic heterocycles. The number of benzene rings is 1. The van der Waals surface area contributed by atoms with E-state index in [9.17, 15) is 15.0 Å². The number of aliphatic carboxylic acids is 1. The van der Waals surface area contributed by atoms with Gasteiger partial charge in [0.2, 0.25) is 0 Å². The summed E-state index contributed by atoms with van der Waals surface area (Å²) in [6.45, 7) is 0.164. The van der Waals surface area contributed by atoms with Gasteiger partial charge in [-0.3, -0.25) is 9.79 Å². The Morgan fingerprint density at radius 1 is 1.31 bits per heavy atom. The van der Waals surface area contributed by atoms with Crippen LogP contribution in [-0.2, 0) is 4.79 Å². The molecule has 5 atom stereocenters. The lowest BCUT2D eigenvalue weighted by Gasteiger charge is -2.17. The van der Waals surface area contributed by atoms with Crippen molar-refractivity contribution in [2.24, 2.45) is 16.8 Å². The molecular weight excluding hydrogens is 390 g/mol. The molecule has 1 fully saturated rings. The van der Waals surface area contributed by atoms with Crippen LogP contribution in [0.3, 0.4) is 0 Å². The van der Waals surface area contributed by atoms with Crippen LogP contribution in [-0.4, -0.2) is 56.9 Å². The van der Waals surface area contributed by atoms with Gasteiger partial charge in [0.05, 0.1) is 23.6 Å². The third kappa shape index (κ3) is 6.45. The van der Waals surface area contributed by atoms with Gasteiger partial charge in [-0.25, -0.2) is 0 Å². The van der Waals surface area contributed by atoms with E-state index in [4.69, 9.17) is 14.8 Å². The normalized spacial score (nSPS) is 27.3. The maximum absolute atomic E-state index is 10.5. The van der Waals surface area contributed by atoms with Crippen molar-refractivity contribution in [2.75, 3.05) is 12.4 Å². The molecule has 0 saturated heterocycles. The predicted octanol–water partition coefficient (Wildman–Crippen LogP) is 2.91. The fraction of sp³-hybridized carbons (Fsp3) is 0.455. The van der Waals surface area contributed by atoms with Crippen LogP contribution in [0, 0.1) is 11.8 Å². The third-order valence-corrected chi connectivity index (χ3v) is 6.13. The molecule has 7 heteroatoms. The van der Waals surface area contributed by atoms with Crippen molar-refractivity contribution in [1.82, 2.24) is 0 Å². The number of carbonyl (C=O) groups is 1. The molecule has 3 rings (SSSR count). The van der Waals surface area contributed by atoms with E-state index in [0.29, 0.717) is 17.9 Å². The first-order valence-corrected chi connectivity index (χ1v) is 10.8. The molecule has 6 nitrogen and oxygen atoms in total. The number of carboxylic acid groups (broad SMARTS) is 1. The van der Waals surface area contributed by atoms with Gasteiger partial charge in [0, 0.05) is 18.1 Å². The number of aliphatic imine (C=N–C) groups is 1. The summed E-state index contributed by atoms with van der Waals surface area (Å²) in [4.78, 5) is 15.2. The van der Waals surface area contributed by atoms with E-state index in [0.717, 1.165) is 11.5 Å². The summed E-state index contributed by atoms with van der Waals surface area (Å²) >= 11 is 1.62. The molecule has 3 N–H and O–H groups in total. The zero-order valence-electron chi connectivity index (χ0n) is 16.1. The highest BCUT2D eigenvalue weighted by atomic mass is 32.2. The summed E-state index contributed by atoms with van der Waals surface area (Å²) in [7, 11) is 0. The van der Waals surface area contributed by atoms with Crippen LogP contribution in [0.25, 0.3) is 0 Å². The van der Waals surface area contributed by atoms with Gasteiger partial charge in [0.1, 0.15) is 18.5 Å².